The van der Waals surface area contributed by atoms with Gasteiger partial charge in [0.1, 0.15) is 12.6 Å². The summed E-state index contributed by atoms with van der Waals surface area (Å²) in [5, 5.41) is 12.9. The number of esters is 1. The highest BCUT2D eigenvalue weighted by Gasteiger charge is 2.48. The lowest BCUT2D eigenvalue weighted by Crippen LogP contribution is -2.61. The minimum absolute atomic E-state index is 0.0828. The first-order chi connectivity index (χ1) is 15.6. The monoisotopic (exact) mass is 457 g/mol. The summed E-state index contributed by atoms with van der Waals surface area (Å²) >= 11 is 0. The molecule has 0 radical (unpaired) electrons. The summed E-state index contributed by atoms with van der Waals surface area (Å²) in [6.45, 7) is -0.0828. The third-order valence-corrected chi connectivity index (χ3v) is 4.92. The third kappa shape index (κ3) is 7.41. The van der Waals surface area contributed by atoms with Crippen molar-refractivity contribution in [1.29, 1.82) is 0 Å². The highest BCUT2D eigenvalue weighted by atomic mass is 16.6. The van der Waals surface area contributed by atoms with E-state index in [2.05, 4.69) is 10.1 Å². The van der Waals surface area contributed by atoms with Gasteiger partial charge in [0.25, 0.3) is 0 Å². The first-order valence-electron chi connectivity index (χ1n) is 10.1. The summed E-state index contributed by atoms with van der Waals surface area (Å²) in [6, 6.07) is 15.8. The van der Waals surface area contributed by atoms with Crippen LogP contribution in [0.1, 0.15) is 17.5 Å². The van der Waals surface area contributed by atoms with Crippen molar-refractivity contribution in [2.75, 3.05) is 7.11 Å². The molecule has 2 aromatic carbocycles. The molecule has 0 spiro atoms. The molecule has 6 N–H and O–H groups in total. The van der Waals surface area contributed by atoms with Crippen LogP contribution in [-0.2, 0) is 36.9 Å². The predicted molar refractivity (Wildman–Crippen MR) is 117 cm³/mol. The average molecular weight is 457 g/mol. The van der Waals surface area contributed by atoms with Gasteiger partial charge in [-0.3, -0.25) is 15.3 Å². The van der Waals surface area contributed by atoms with E-state index in [0.29, 0.717) is 11.1 Å². The van der Waals surface area contributed by atoms with E-state index >= 15 is 0 Å². The van der Waals surface area contributed by atoms with Crippen LogP contribution in [0.15, 0.2) is 60.7 Å². The number of primary amides is 1. The van der Waals surface area contributed by atoms with E-state index in [4.69, 9.17) is 16.2 Å². The minimum atomic E-state index is -2.73. The SMILES string of the molecule is COC(=O)C(N)(O)C(Cc1ccccc1)C(=O)[C@H](CC(N)=O)NC(=O)OCc1ccccc1. The fraction of sp³-hybridized carbons (Fsp3) is 0.304. The van der Waals surface area contributed by atoms with Gasteiger partial charge in [-0.2, -0.15) is 0 Å². The number of alkyl carbamates (subject to hydrolysis) is 1. The molecule has 10 heteroatoms. The number of amides is 2. The van der Waals surface area contributed by atoms with Gasteiger partial charge in [0.2, 0.25) is 11.6 Å². The zero-order chi connectivity index (χ0) is 24.4. The summed E-state index contributed by atoms with van der Waals surface area (Å²) in [5.74, 6) is -4.59. The Hall–Kier alpha value is -3.76. The zero-order valence-corrected chi connectivity index (χ0v) is 18.1. The van der Waals surface area contributed by atoms with Gasteiger partial charge in [0.05, 0.1) is 19.4 Å². The molecule has 2 rings (SSSR count). The second-order valence-electron chi connectivity index (χ2n) is 7.39. The van der Waals surface area contributed by atoms with Crippen molar-refractivity contribution in [3.8, 4) is 0 Å². The largest absolute Gasteiger partial charge is 0.466 e. The number of nitrogens with one attached hydrogen (secondary N) is 1. The normalized spacial score (nSPS) is 14.3. The standard InChI is InChI=1S/C23H27N3O7/c1-32-21(29)23(25,31)17(12-15-8-4-2-5-9-15)20(28)18(13-19(24)27)26-22(30)33-14-16-10-6-3-7-11-16/h2-11,17-18,31H,12-14,25H2,1H3,(H2,24,27)(H,26,30)/t17?,18-,23?/m0/s1. The Morgan fingerprint density at radius 3 is 2.06 bits per heavy atom. The van der Waals surface area contributed by atoms with Crippen molar-refractivity contribution in [3.63, 3.8) is 0 Å². The van der Waals surface area contributed by atoms with Gasteiger partial charge in [-0.05, 0) is 17.5 Å². The first-order valence-corrected chi connectivity index (χ1v) is 10.1. The number of Topliss-reactive ketones (excluding diaryl/α,β-unsaturated/α-hetero) is 1. The van der Waals surface area contributed by atoms with Gasteiger partial charge >= 0.3 is 12.1 Å². The number of ether oxygens (including phenoxy) is 2. The van der Waals surface area contributed by atoms with Gasteiger partial charge in [-0.25, -0.2) is 9.59 Å². The molecular weight excluding hydrogens is 430 g/mol. The van der Waals surface area contributed by atoms with Crippen molar-refractivity contribution < 1.29 is 33.8 Å². The molecule has 2 unspecified atom stereocenters. The maximum absolute atomic E-state index is 13.3. The molecule has 10 nitrogen and oxygen atoms in total. The van der Waals surface area contributed by atoms with E-state index in [0.717, 1.165) is 7.11 Å². The van der Waals surface area contributed by atoms with E-state index in [1.807, 2.05) is 0 Å². The summed E-state index contributed by atoms with van der Waals surface area (Å²) in [5.41, 5.74) is 9.60. The van der Waals surface area contributed by atoms with Crippen molar-refractivity contribution in [2.45, 2.75) is 31.2 Å². The number of nitrogens with two attached hydrogens (primary N) is 2. The Morgan fingerprint density at radius 2 is 1.55 bits per heavy atom. The van der Waals surface area contributed by atoms with Gasteiger partial charge in [0.15, 0.2) is 5.78 Å². The van der Waals surface area contributed by atoms with Crippen LogP contribution >= 0.6 is 0 Å². The Labute approximate surface area is 190 Å². The molecule has 176 valence electrons. The molecule has 0 heterocycles. The first kappa shape index (κ1) is 25.5. The van der Waals surface area contributed by atoms with E-state index in [9.17, 15) is 24.3 Å². The Balaban J connectivity index is 2.25. The smallest absolute Gasteiger partial charge is 0.408 e. The fourth-order valence-electron chi connectivity index (χ4n) is 3.20. The molecule has 0 bridgehead atoms. The molecule has 2 aromatic rings. The summed E-state index contributed by atoms with van der Waals surface area (Å²) in [4.78, 5) is 49.4. The maximum Gasteiger partial charge on any atom is 0.408 e. The Kier molecular flexibility index (Phi) is 9.08. The van der Waals surface area contributed by atoms with E-state index in [-0.39, 0.29) is 13.0 Å². The van der Waals surface area contributed by atoms with Gasteiger partial charge in [-0.1, -0.05) is 60.7 Å². The van der Waals surface area contributed by atoms with Crippen LogP contribution < -0.4 is 16.8 Å². The highest BCUT2D eigenvalue weighted by Crippen LogP contribution is 2.23. The molecule has 0 fully saturated rings. The molecule has 2 amide bonds. The van der Waals surface area contributed by atoms with E-state index < -0.39 is 47.9 Å². The number of benzene rings is 2. The van der Waals surface area contributed by atoms with E-state index in [1.165, 1.54) is 0 Å². The van der Waals surface area contributed by atoms with Gasteiger partial charge in [-0.15, -0.1) is 0 Å². The molecule has 0 saturated heterocycles. The number of ketones is 1. The quantitative estimate of drug-likeness (QED) is 0.277. The topological polar surface area (TPSA) is 171 Å². The summed E-state index contributed by atoms with van der Waals surface area (Å²) in [7, 11) is 1.00. The van der Waals surface area contributed by atoms with Crippen LogP contribution in [0.25, 0.3) is 0 Å². The van der Waals surface area contributed by atoms with Crippen LogP contribution in [0.5, 0.6) is 0 Å². The van der Waals surface area contributed by atoms with Crippen LogP contribution in [0, 0.1) is 5.92 Å². The number of hydrogen-bond acceptors (Lipinski definition) is 8. The molecule has 3 atom stereocenters. The molecule has 0 aliphatic heterocycles. The predicted octanol–water partition coefficient (Wildman–Crippen LogP) is 0.405. The molecule has 0 saturated carbocycles. The van der Waals surface area contributed by atoms with Crippen molar-refractivity contribution in [2.24, 2.45) is 17.4 Å². The molecule has 0 aromatic heterocycles. The third-order valence-electron chi connectivity index (χ3n) is 4.92. The molecular formula is C23H27N3O7. The molecule has 33 heavy (non-hydrogen) atoms. The van der Waals surface area contributed by atoms with Crippen LogP contribution in [0.4, 0.5) is 4.79 Å². The average Bonchev–Trinajstić information content (AvgIpc) is 2.80. The highest BCUT2D eigenvalue weighted by molar-refractivity contribution is 5.97. The second kappa shape index (κ2) is 11.7. The van der Waals surface area contributed by atoms with Crippen molar-refractivity contribution in [3.05, 3.63) is 71.8 Å². The van der Waals surface area contributed by atoms with Crippen LogP contribution in [-0.4, -0.2) is 47.7 Å². The minimum Gasteiger partial charge on any atom is -0.466 e. The fourth-order valence-corrected chi connectivity index (χ4v) is 3.20. The molecule has 0 aliphatic rings. The lowest BCUT2D eigenvalue weighted by molar-refractivity contribution is -0.171. The number of rotatable bonds is 11. The second-order valence-corrected chi connectivity index (χ2v) is 7.39. The van der Waals surface area contributed by atoms with Crippen LogP contribution in [0.2, 0.25) is 0 Å². The number of aliphatic hydroxyl groups is 1. The lowest BCUT2D eigenvalue weighted by Gasteiger charge is -2.31. The summed E-state index contributed by atoms with van der Waals surface area (Å²) < 4.78 is 9.65. The molecule has 0 aliphatic carbocycles. The Morgan fingerprint density at radius 1 is 1.00 bits per heavy atom. The Bertz CT molecular complexity index is 965. The zero-order valence-electron chi connectivity index (χ0n) is 18.1. The van der Waals surface area contributed by atoms with Gasteiger partial charge in [0, 0.05) is 0 Å². The lowest BCUT2D eigenvalue weighted by atomic mass is 9.82. The van der Waals surface area contributed by atoms with E-state index in [1.54, 1.807) is 60.7 Å². The van der Waals surface area contributed by atoms with Crippen molar-refractivity contribution in [1.82, 2.24) is 5.32 Å². The summed E-state index contributed by atoms with van der Waals surface area (Å²) in [6.07, 6.45) is -1.75. The van der Waals surface area contributed by atoms with Crippen molar-refractivity contribution >= 4 is 23.8 Å². The van der Waals surface area contributed by atoms with Crippen LogP contribution in [0.3, 0.4) is 0 Å². The number of hydrogen-bond donors (Lipinski definition) is 4. The number of methoxy groups -OCH3 is 1. The maximum atomic E-state index is 13.3. The number of carbonyl (C=O) groups excluding carboxylic acids is 4. The van der Waals surface area contributed by atoms with Gasteiger partial charge < -0.3 is 25.6 Å². The number of carbonyl (C=O) groups is 4.